The van der Waals surface area contributed by atoms with Gasteiger partial charge in [-0.1, -0.05) is 17.7 Å². The van der Waals surface area contributed by atoms with Gasteiger partial charge in [0.2, 0.25) is 0 Å². The number of morpholine rings is 1. The standard InChI is InChI=1S/C24H20ClFN4O4S/c25-23-18(15-35(32,33)20-3-1-2-19(26)11-20)10-17(12-28-23)16-4-5-22-27-13-21(30(22)14-16)24(31)29-6-8-34-9-7-29/h1-5,10-14H,6-9,15H2. The summed E-state index contributed by atoms with van der Waals surface area (Å²) in [5, 5.41) is 0.0422. The number of carbonyl (C=O) groups excluding carboxylic acids is 1. The minimum atomic E-state index is -3.85. The molecule has 180 valence electrons. The third-order valence-corrected chi connectivity index (χ3v) is 7.77. The van der Waals surface area contributed by atoms with Crippen LogP contribution in [-0.2, 0) is 20.3 Å². The molecule has 0 saturated carbocycles. The number of nitrogens with zero attached hydrogens (tertiary/aromatic N) is 4. The van der Waals surface area contributed by atoms with Crippen LogP contribution < -0.4 is 0 Å². The average molecular weight is 515 g/mol. The van der Waals surface area contributed by atoms with Crippen LogP contribution in [0, 0.1) is 5.82 Å². The second-order valence-electron chi connectivity index (χ2n) is 8.08. The molecule has 1 fully saturated rings. The molecule has 11 heteroatoms. The second-order valence-corrected chi connectivity index (χ2v) is 10.4. The molecule has 35 heavy (non-hydrogen) atoms. The van der Waals surface area contributed by atoms with Gasteiger partial charge in [0.15, 0.2) is 9.84 Å². The number of sulfone groups is 1. The summed E-state index contributed by atoms with van der Waals surface area (Å²) in [4.78, 5) is 23.1. The molecular weight excluding hydrogens is 495 g/mol. The lowest BCUT2D eigenvalue weighted by Crippen LogP contribution is -2.41. The number of benzene rings is 1. The Morgan fingerprint density at radius 3 is 2.63 bits per heavy atom. The first-order valence-corrected chi connectivity index (χ1v) is 12.8. The van der Waals surface area contributed by atoms with Crippen molar-refractivity contribution in [2.24, 2.45) is 0 Å². The van der Waals surface area contributed by atoms with Crippen LogP contribution in [0.25, 0.3) is 16.8 Å². The predicted molar refractivity (Wildman–Crippen MR) is 127 cm³/mol. The van der Waals surface area contributed by atoms with Crippen LogP contribution in [0.5, 0.6) is 0 Å². The van der Waals surface area contributed by atoms with Crippen molar-refractivity contribution in [3.63, 3.8) is 0 Å². The van der Waals surface area contributed by atoms with Crippen LogP contribution in [-0.4, -0.2) is 59.9 Å². The molecular formula is C24H20ClFN4O4S. The Balaban J connectivity index is 1.48. The lowest BCUT2D eigenvalue weighted by molar-refractivity contribution is 0.0298. The third kappa shape index (κ3) is 4.77. The van der Waals surface area contributed by atoms with Crippen molar-refractivity contribution in [2.45, 2.75) is 10.6 Å². The first-order chi connectivity index (χ1) is 16.8. The van der Waals surface area contributed by atoms with Gasteiger partial charge in [0.05, 0.1) is 30.1 Å². The summed E-state index contributed by atoms with van der Waals surface area (Å²) in [7, 11) is -3.85. The molecule has 0 radical (unpaired) electrons. The molecule has 1 aliphatic heterocycles. The maximum atomic E-state index is 13.6. The highest BCUT2D eigenvalue weighted by Gasteiger charge is 2.22. The summed E-state index contributed by atoms with van der Waals surface area (Å²) in [6.07, 6.45) is 4.82. The van der Waals surface area contributed by atoms with Gasteiger partial charge >= 0.3 is 0 Å². The molecule has 1 saturated heterocycles. The zero-order chi connectivity index (χ0) is 24.6. The minimum Gasteiger partial charge on any atom is -0.378 e. The molecule has 0 aliphatic carbocycles. The Bertz CT molecular complexity index is 1530. The average Bonchev–Trinajstić information content (AvgIpc) is 3.28. The molecule has 5 rings (SSSR count). The van der Waals surface area contributed by atoms with Gasteiger partial charge in [0, 0.05) is 42.2 Å². The zero-order valence-electron chi connectivity index (χ0n) is 18.4. The molecule has 0 atom stereocenters. The van der Waals surface area contributed by atoms with Crippen molar-refractivity contribution in [2.75, 3.05) is 26.3 Å². The van der Waals surface area contributed by atoms with E-state index in [1.165, 1.54) is 30.6 Å². The Morgan fingerprint density at radius 1 is 1.06 bits per heavy atom. The van der Waals surface area contributed by atoms with Gasteiger partial charge < -0.3 is 9.64 Å². The quantitative estimate of drug-likeness (QED) is 0.377. The van der Waals surface area contributed by atoms with E-state index in [2.05, 4.69) is 9.97 Å². The van der Waals surface area contributed by atoms with E-state index in [9.17, 15) is 17.6 Å². The molecule has 4 heterocycles. The van der Waals surface area contributed by atoms with Gasteiger partial charge in [-0.2, -0.15) is 0 Å². The fourth-order valence-electron chi connectivity index (χ4n) is 3.94. The number of hydrogen-bond acceptors (Lipinski definition) is 6. The molecule has 4 aromatic rings. The van der Waals surface area contributed by atoms with Gasteiger partial charge in [-0.15, -0.1) is 0 Å². The van der Waals surface area contributed by atoms with Gasteiger partial charge in [-0.25, -0.2) is 22.8 Å². The summed E-state index contributed by atoms with van der Waals surface area (Å²) in [6, 6.07) is 10.0. The Kier molecular flexibility index (Phi) is 6.26. The van der Waals surface area contributed by atoms with Gasteiger partial charge in [-0.05, 0) is 36.4 Å². The summed E-state index contributed by atoms with van der Waals surface area (Å²) >= 11 is 6.21. The van der Waals surface area contributed by atoms with E-state index in [-0.39, 0.29) is 21.5 Å². The molecule has 1 amide bonds. The van der Waals surface area contributed by atoms with Gasteiger partial charge in [0.1, 0.15) is 22.3 Å². The Hall–Kier alpha value is -3.34. The number of carbonyl (C=O) groups is 1. The Morgan fingerprint density at radius 2 is 1.86 bits per heavy atom. The third-order valence-electron chi connectivity index (χ3n) is 5.77. The number of aromatic nitrogens is 3. The van der Waals surface area contributed by atoms with Crippen molar-refractivity contribution in [1.29, 1.82) is 0 Å². The predicted octanol–water partition coefficient (Wildman–Crippen LogP) is 3.64. The number of hydrogen-bond donors (Lipinski definition) is 0. The van der Waals surface area contributed by atoms with Crippen molar-refractivity contribution in [3.8, 4) is 11.1 Å². The highest BCUT2D eigenvalue weighted by molar-refractivity contribution is 7.90. The van der Waals surface area contributed by atoms with Crippen LogP contribution in [0.4, 0.5) is 4.39 Å². The van der Waals surface area contributed by atoms with Crippen LogP contribution >= 0.6 is 11.6 Å². The van der Waals surface area contributed by atoms with E-state index in [1.54, 1.807) is 33.7 Å². The van der Waals surface area contributed by atoms with E-state index >= 15 is 0 Å². The van der Waals surface area contributed by atoms with E-state index in [1.807, 2.05) is 0 Å². The number of halogens is 2. The van der Waals surface area contributed by atoms with E-state index in [0.29, 0.717) is 48.8 Å². The topological polar surface area (TPSA) is 93.9 Å². The number of imidazole rings is 1. The van der Waals surface area contributed by atoms with Crippen molar-refractivity contribution in [1.82, 2.24) is 19.3 Å². The summed E-state index contributed by atoms with van der Waals surface area (Å²) in [6.45, 7) is 2.00. The van der Waals surface area contributed by atoms with E-state index < -0.39 is 21.4 Å². The summed E-state index contributed by atoms with van der Waals surface area (Å²) in [5.41, 5.74) is 2.60. The minimum absolute atomic E-state index is 0.0422. The highest BCUT2D eigenvalue weighted by atomic mass is 35.5. The lowest BCUT2D eigenvalue weighted by atomic mass is 10.1. The van der Waals surface area contributed by atoms with Crippen LogP contribution in [0.1, 0.15) is 16.1 Å². The molecule has 0 spiro atoms. The first-order valence-electron chi connectivity index (χ1n) is 10.8. The molecule has 0 N–H and O–H groups in total. The number of fused-ring (bicyclic) bond motifs is 1. The fraction of sp³-hybridized carbons (Fsp3) is 0.208. The van der Waals surface area contributed by atoms with Crippen LogP contribution in [0.3, 0.4) is 0 Å². The highest BCUT2D eigenvalue weighted by Crippen LogP contribution is 2.27. The van der Waals surface area contributed by atoms with E-state index in [0.717, 1.165) is 6.07 Å². The van der Waals surface area contributed by atoms with Crippen molar-refractivity contribution in [3.05, 3.63) is 83.3 Å². The number of amides is 1. The molecule has 1 aromatic carbocycles. The molecule has 3 aromatic heterocycles. The first kappa shape index (κ1) is 23.4. The van der Waals surface area contributed by atoms with Crippen LogP contribution in [0.2, 0.25) is 5.15 Å². The monoisotopic (exact) mass is 514 g/mol. The van der Waals surface area contributed by atoms with Crippen LogP contribution in [0.15, 0.2) is 66.0 Å². The fourth-order valence-corrected chi connectivity index (χ4v) is 5.56. The van der Waals surface area contributed by atoms with Gasteiger partial charge in [0.25, 0.3) is 5.91 Å². The molecule has 0 unspecified atom stereocenters. The smallest absolute Gasteiger partial charge is 0.272 e. The molecule has 1 aliphatic rings. The van der Waals surface area contributed by atoms with Crippen molar-refractivity contribution >= 4 is 33.0 Å². The van der Waals surface area contributed by atoms with E-state index in [4.69, 9.17) is 16.3 Å². The maximum absolute atomic E-state index is 13.6. The zero-order valence-corrected chi connectivity index (χ0v) is 20.0. The molecule has 0 bridgehead atoms. The van der Waals surface area contributed by atoms with Gasteiger partial charge in [-0.3, -0.25) is 9.20 Å². The summed E-state index contributed by atoms with van der Waals surface area (Å²) in [5.74, 6) is -1.22. The molecule has 8 nitrogen and oxygen atoms in total. The Labute approximate surface area is 205 Å². The van der Waals surface area contributed by atoms with Crippen molar-refractivity contribution < 1.29 is 22.3 Å². The SMILES string of the molecule is O=C(c1cnc2ccc(-c3cnc(Cl)c(CS(=O)(=O)c4cccc(F)c4)c3)cn12)N1CCOCC1. The number of rotatable bonds is 5. The largest absolute Gasteiger partial charge is 0.378 e. The number of pyridine rings is 2. The second kappa shape index (κ2) is 9.37. The number of ether oxygens (including phenoxy) is 1. The normalized spacial score (nSPS) is 14.4. The summed E-state index contributed by atoms with van der Waals surface area (Å²) < 4.78 is 46.3. The maximum Gasteiger partial charge on any atom is 0.272 e. The lowest BCUT2D eigenvalue weighted by Gasteiger charge is -2.26.